The molecule has 134 valence electrons. The lowest BCUT2D eigenvalue weighted by molar-refractivity contribution is -0.117. The minimum absolute atomic E-state index is 0.0886. The highest BCUT2D eigenvalue weighted by atomic mass is 32.2. The van der Waals surface area contributed by atoms with Crippen molar-refractivity contribution in [1.82, 2.24) is 9.88 Å². The Labute approximate surface area is 149 Å². The number of carbonyl (C=O) groups excluding carboxylic acids is 1. The van der Waals surface area contributed by atoms with Gasteiger partial charge in [-0.05, 0) is 31.2 Å². The average molecular weight is 383 g/mol. The fraction of sp³-hybridized carbons (Fsp3) is 0.375. The van der Waals surface area contributed by atoms with Crippen LogP contribution < -0.4 is 5.32 Å². The van der Waals surface area contributed by atoms with Crippen LogP contribution in [0, 0.1) is 12.7 Å². The van der Waals surface area contributed by atoms with Gasteiger partial charge in [-0.15, -0.1) is 11.3 Å². The van der Waals surface area contributed by atoms with Gasteiger partial charge >= 0.3 is 0 Å². The first-order chi connectivity index (χ1) is 11.8. The van der Waals surface area contributed by atoms with Gasteiger partial charge < -0.3 is 5.32 Å². The number of sulfone groups is 1. The van der Waals surface area contributed by atoms with Gasteiger partial charge in [0.1, 0.15) is 5.82 Å². The highest BCUT2D eigenvalue weighted by molar-refractivity contribution is 7.91. The number of anilines is 1. The molecule has 3 rings (SSSR count). The van der Waals surface area contributed by atoms with Gasteiger partial charge in [-0.2, -0.15) is 0 Å². The van der Waals surface area contributed by atoms with E-state index < -0.39 is 9.84 Å². The monoisotopic (exact) mass is 383 g/mol. The number of nitrogens with one attached hydrogen (secondary N) is 1. The molecule has 1 N–H and O–H groups in total. The third-order valence-electron chi connectivity index (χ3n) is 3.96. The molecule has 1 aliphatic rings. The summed E-state index contributed by atoms with van der Waals surface area (Å²) in [5.74, 6) is -0.358. The highest BCUT2D eigenvalue weighted by Crippen LogP contribution is 2.30. The predicted octanol–water partition coefficient (Wildman–Crippen LogP) is 1.93. The number of thiazole rings is 1. The first-order valence-corrected chi connectivity index (χ1v) is 10.4. The number of amides is 1. The van der Waals surface area contributed by atoms with Gasteiger partial charge in [0.05, 0.1) is 23.7 Å². The molecule has 25 heavy (non-hydrogen) atoms. The Morgan fingerprint density at radius 3 is 2.56 bits per heavy atom. The Morgan fingerprint density at radius 2 is 1.92 bits per heavy atom. The van der Waals surface area contributed by atoms with Gasteiger partial charge in [-0.25, -0.2) is 17.8 Å². The van der Waals surface area contributed by atoms with Crippen molar-refractivity contribution < 1.29 is 17.6 Å². The summed E-state index contributed by atoms with van der Waals surface area (Å²) < 4.78 is 35.9. The molecular weight excluding hydrogens is 365 g/mol. The van der Waals surface area contributed by atoms with Crippen molar-refractivity contribution in [2.75, 3.05) is 36.5 Å². The second-order valence-electron chi connectivity index (χ2n) is 5.91. The summed E-state index contributed by atoms with van der Waals surface area (Å²) in [5, 5.41) is 3.23. The summed E-state index contributed by atoms with van der Waals surface area (Å²) >= 11 is 1.35. The van der Waals surface area contributed by atoms with Crippen LogP contribution in [0.2, 0.25) is 0 Å². The normalized spacial score (nSPS) is 17.4. The Hall–Kier alpha value is -1.84. The quantitative estimate of drug-likeness (QED) is 0.873. The second-order valence-corrected chi connectivity index (χ2v) is 9.41. The van der Waals surface area contributed by atoms with Gasteiger partial charge in [0, 0.05) is 23.5 Å². The standard InChI is InChI=1S/C16H18FN3O3S2/c1-11-15(12-2-4-13(17)5-3-12)19-16(24-11)18-14(21)10-20-6-8-25(22,23)9-7-20/h2-5H,6-10H2,1H3,(H,18,19,21). The molecule has 2 heterocycles. The topological polar surface area (TPSA) is 79.4 Å². The van der Waals surface area contributed by atoms with Gasteiger partial charge in [0.15, 0.2) is 15.0 Å². The van der Waals surface area contributed by atoms with E-state index in [1.54, 1.807) is 12.1 Å². The number of aromatic nitrogens is 1. The molecule has 6 nitrogen and oxygen atoms in total. The number of carbonyl (C=O) groups is 1. The molecule has 0 aliphatic carbocycles. The lowest BCUT2D eigenvalue weighted by atomic mass is 10.1. The number of halogens is 1. The lowest BCUT2D eigenvalue weighted by Gasteiger charge is -2.25. The van der Waals surface area contributed by atoms with Gasteiger partial charge in [0.2, 0.25) is 5.91 Å². The minimum Gasteiger partial charge on any atom is -0.301 e. The first-order valence-electron chi connectivity index (χ1n) is 7.78. The van der Waals surface area contributed by atoms with Gasteiger partial charge in [-0.3, -0.25) is 9.69 Å². The van der Waals surface area contributed by atoms with Crippen LogP contribution in [0.5, 0.6) is 0 Å². The molecule has 0 spiro atoms. The Bertz CT molecular complexity index is 865. The van der Waals surface area contributed by atoms with Gasteiger partial charge in [-0.1, -0.05) is 0 Å². The van der Waals surface area contributed by atoms with Crippen LogP contribution in [0.25, 0.3) is 11.3 Å². The summed E-state index contributed by atoms with van der Waals surface area (Å²) in [6.45, 7) is 2.77. The Morgan fingerprint density at radius 1 is 1.28 bits per heavy atom. The zero-order valence-corrected chi connectivity index (χ0v) is 15.3. The van der Waals surface area contributed by atoms with E-state index in [9.17, 15) is 17.6 Å². The maximum absolute atomic E-state index is 13.0. The first kappa shape index (κ1) is 18.0. The van der Waals surface area contributed by atoms with E-state index in [2.05, 4.69) is 10.3 Å². The summed E-state index contributed by atoms with van der Waals surface area (Å²) in [5.41, 5.74) is 1.50. The summed E-state index contributed by atoms with van der Waals surface area (Å²) in [7, 11) is -2.96. The third-order valence-corrected chi connectivity index (χ3v) is 6.46. The van der Waals surface area contributed by atoms with Crippen LogP contribution >= 0.6 is 11.3 Å². The fourth-order valence-corrected chi connectivity index (χ4v) is 4.72. The van der Waals surface area contributed by atoms with E-state index in [-0.39, 0.29) is 29.8 Å². The van der Waals surface area contributed by atoms with Crippen molar-refractivity contribution in [3.63, 3.8) is 0 Å². The molecule has 0 radical (unpaired) electrons. The van der Waals surface area contributed by atoms with Crippen molar-refractivity contribution in [2.24, 2.45) is 0 Å². The summed E-state index contributed by atoms with van der Waals surface area (Å²) in [4.78, 5) is 19.3. The molecule has 0 bridgehead atoms. The molecule has 1 aliphatic heterocycles. The molecule has 2 aromatic rings. The number of hydrogen-bond acceptors (Lipinski definition) is 6. The fourth-order valence-electron chi connectivity index (χ4n) is 2.60. The predicted molar refractivity (Wildman–Crippen MR) is 96.0 cm³/mol. The SMILES string of the molecule is Cc1sc(NC(=O)CN2CCS(=O)(=O)CC2)nc1-c1ccc(F)cc1. The molecule has 0 saturated carbocycles. The Kier molecular flexibility index (Phi) is 5.16. The van der Waals surface area contributed by atoms with Crippen molar-refractivity contribution in [2.45, 2.75) is 6.92 Å². The summed E-state index contributed by atoms with van der Waals surface area (Å²) in [6.07, 6.45) is 0. The van der Waals surface area contributed by atoms with Crippen molar-refractivity contribution in [3.8, 4) is 11.3 Å². The summed E-state index contributed by atoms with van der Waals surface area (Å²) in [6, 6.07) is 6.04. The molecule has 0 unspecified atom stereocenters. The highest BCUT2D eigenvalue weighted by Gasteiger charge is 2.23. The zero-order valence-electron chi connectivity index (χ0n) is 13.7. The van der Waals surface area contributed by atoms with Crippen LogP contribution in [0.15, 0.2) is 24.3 Å². The van der Waals surface area contributed by atoms with Crippen LogP contribution in [-0.4, -0.2) is 55.3 Å². The molecule has 1 saturated heterocycles. The van der Waals surface area contributed by atoms with Crippen LogP contribution in [0.4, 0.5) is 9.52 Å². The van der Waals surface area contributed by atoms with E-state index in [0.29, 0.717) is 23.9 Å². The van der Waals surface area contributed by atoms with Gasteiger partial charge in [0.25, 0.3) is 0 Å². The lowest BCUT2D eigenvalue weighted by Crippen LogP contribution is -2.43. The maximum Gasteiger partial charge on any atom is 0.240 e. The van der Waals surface area contributed by atoms with E-state index in [4.69, 9.17) is 0 Å². The van der Waals surface area contributed by atoms with Crippen molar-refractivity contribution in [3.05, 3.63) is 35.0 Å². The number of benzene rings is 1. The number of rotatable bonds is 4. The van der Waals surface area contributed by atoms with Crippen molar-refractivity contribution >= 4 is 32.2 Å². The van der Waals surface area contributed by atoms with E-state index in [1.165, 1.54) is 23.5 Å². The largest absolute Gasteiger partial charge is 0.301 e. The zero-order chi connectivity index (χ0) is 18.0. The maximum atomic E-state index is 13.0. The minimum atomic E-state index is -2.96. The second kappa shape index (κ2) is 7.19. The molecule has 9 heteroatoms. The average Bonchev–Trinajstić information content (AvgIpc) is 2.90. The molecule has 1 aromatic carbocycles. The number of aryl methyl sites for hydroxylation is 1. The molecular formula is C16H18FN3O3S2. The van der Waals surface area contributed by atoms with E-state index in [0.717, 1.165) is 10.4 Å². The van der Waals surface area contributed by atoms with Crippen LogP contribution in [-0.2, 0) is 14.6 Å². The number of hydrogen-bond donors (Lipinski definition) is 1. The Balaban J connectivity index is 1.62. The van der Waals surface area contributed by atoms with Crippen molar-refractivity contribution in [1.29, 1.82) is 0 Å². The number of nitrogens with zero attached hydrogens (tertiary/aromatic N) is 2. The molecule has 0 atom stereocenters. The smallest absolute Gasteiger partial charge is 0.240 e. The van der Waals surface area contributed by atoms with E-state index >= 15 is 0 Å². The molecule has 1 amide bonds. The van der Waals surface area contributed by atoms with E-state index in [1.807, 2.05) is 11.8 Å². The third kappa shape index (κ3) is 4.62. The molecule has 1 aromatic heterocycles. The molecule has 1 fully saturated rings. The van der Waals surface area contributed by atoms with Crippen LogP contribution in [0.3, 0.4) is 0 Å². The van der Waals surface area contributed by atoms with Crippen LogP contribution in [0.1, 0.15) is 4.88 Å².